The minimum Gasteiger partial charge on any atom is -0.464 e. The van der Waals surface area contributed by atoms with Gasteiger partial charge >= 0.3 is 0 Å². The Bertz CT molecular complexity index is 831. The van der Waals surface area contributed by atoms with Crippen molar-refractivity contribution < 1.29 is 17.6 Å². The molecule has 1 aromatic heterocycles. The highest BCUT2D eigenvalue weighted by atomic mass is 32.2. The van der Waals surface area contributed by atoms with Crippen molar-refractivity contribution in [3.05, 3.63) is 59.5 Å². The zero-order valence-corrected chi connectivity index (χ0v) is 17.0. The van der Waals surface area contributed by atoms with Gasteiger partial charge in [-0.1, -0.05) is 37.3 Å². The van der Waals surface area contributed by atoms with E-state index in [1.54, 1.807) is 11.8 Å². The maximum absolute atomic E-state index is 13.0. The molecule has 1 aromatic carbocycles. The van der Waals surface area contributed by atoms with Gasteiger partial charge in [0.25, 0.3) is 0 Å². The van der Waals surface area contributed by atoms with E-state index in [9.17, 15) is 13.2 Å². The van der Waals surface area contributed by atoms with Gasteiger partial charge in [-0.25, -0.2) is 8.42 Å². The van der Waals surface area contributed by atoms with E-state index in [4.69, 9.17) is 4.42 Å². The van der Waals surface area contributed by atoms with Gasteiger partial charge in [-0.3, -0.25) is 4.79 Å². The summed E-state index contributed by atoms with van der Waals surface area (Å²) in [5.41, 5.74) is 0.981. The Morgan fingerprint density at radius 3 is 2.30 bits per heavy atom. The molecule has 0 saturated carbocycles. The quantitative estimate of drug-likeness (QED) is 0.623. The number of carbonyl (C=O) groups excluding carboxylic acids is 1. The summed E-state index contributed by atoms with van der Waals surface area (Å²) in [5.74, 6) is 1.20. The second-order valence-corrected chi connectivity index (χ2v) is 8.74. The lowest BCUT2D eigenvalue weighted by atomic mass is 10.2. The lowest BCUT2D eigenvalue weighted by molar-refractivity contribution is -0.133. The van der Waals surface area contributed by atoms with Crippen molar-refractivity contribution in [2.24, 2.45) is 0 Å². The van der Waals surface area contributed by atoms with Gasteiger partial charge in [-0.15, -0.1) is 0 Å². The number of rotatable bonds is 10. The number of carbonyl (C=O) groups is 1. The van der Waals surface area contributed by atoms with Crippen LogP contribution in [0, 0.1) is 6.92 Å². The minimum absolute atomic E-state index is 0.0175. The van der Waals surface area contributed by atoms with Crippen LogP contribution in [0.25, 0.3) is 0 Å². The van der Waals surface area contributed by atoms with Gasteiger partial charge in [0.05, 0.1) is 18.8 Å². The molecule has 0 radical (unpaired) electrons. The molecule has 0 fully saturated rings. The first kappa shape index (κ1) is 21.2. The van der Waals surface area contributed by atoms with Crippen molar-refractivity contribution in [1.82, 2.24) is 9.21 Å². The van der Waals surface area contributed by atoms with Crippen molar-refractivity contribution >= 4 is 15.9 Å². The predicted octanol–water partition coefficient (Wildman–Crippen LogP) is 3.18. The van der Waals surface area contributed by atoms with E-state index in [1.165, 1.54) is 4.31 Å². The van der Waals surface area contributed by atoms with Gasteiger partial charge in [0.1, 0.15) is 11.5 Å². The number of hydrogen-bond donors (Lipinski definition) is 0. The number of nitrogens with zero attached hydrogens (tertiary/aromatic N) is 2. The maximum atomic E-state index is 13.0. The van der Waals surface area contributed by atoms with Crippen LogP contribution in [0.1, 0.15) is 37.4 Å². The van der Waals surface area contributed by atoms with Crippen LogP contribution in [0.15, 0.2) is 46.9 Å². The van der Waals surface area contributed by atoms with E-state index >= 15 is 0 Å². The predicted molar refractivity (Wildman–Crippen MR) is 105 cm³/mol. The van der Waals surface area contributed by atoms with Crippen molar-refractivity contribution in [2.75, 3.05) is 18.8 Å². The van der Waals surface area contributed by atoms with Crippen LogP contribution < -0.4 is 0 Å². The molecule has 7 heteroatoms. The number of amides is 1. The molecular weight excluding hydrogens is 364 g/mol. The number of hydrogen-bond acceptors (Lipinski definition) is 4. The molecule has 0 N–H and O–H groups in total. The van der Waals surface area contributed by atoms with E-state index in [0.29, 0.717) is 31.8 Å². The first-order valence-electron chi connectivity index (χ1n) is 9.20. The number of furan rings is 1. The van der Waals surface area contributed by atoms with Gasteiger partial charge in [0.2, 0.25) is 15.9 Å². The van der Waals surface area contributed by atoms with Gasteiger partial charge in [0.15, 0.2) is 0 Å². The smallest absolute Gasteiger partial charge is 0.238 e. The summed E-state index contributed by atoms with van der Waals surface area (Å²) >= 11 is 0. The molecule has 0 aliphatic rings. The van der Waals surface area contributed by atoms with Gasteiger partial charge < -0.3 is 9.32 Å². The van der Waals surface area contributed by atoms with E-state index in [1.807, 2.05) is 56.3 Å². The van der Waals surface area contributed by atoms with Crippen LogP contribution in [-0.2, 0) is 27.9 Å². The highest BCUT2D eigenvalue weighted by Crippen LogP contribution is 2.14. The second kappa shape index (κ2) is 9.71. The summed E-state index contributed by atoms with van der Waals surface area (Å²) in [7, 11) is -3.43. The Morgan fingerprint density at radius 1 is 1.04 bits per heavy atom. The molecule has 2 aromatic rings. The maximum Gasteiger partial charge on any atom is 0.238 e. The first-order valence-corrected chi connectivity index (χ1v) is 10.8. The van der Waals surface area contributed by atoms with Crippen LogP contribution >= 0.6 is 0 Å². The van der Waals surface area contributed by atoms with Crippen LogP contribution in [0.5, 0.6) is 0 Å². The molecule has 2 rings (SSSR count). The molecule has 27 heavy (non-hydrogen) atoms. The molecule has 1 heterocycles. The fourth-order valence-electron chi connectivity index (χ4n) is 2.79. The molecule has 0 unspecified atom stereocenters. The van der Waals surface area contributed by atoms with E-state index in [0.717, 1.165) is 11.3 Å². The summed E-state index contributed by atoms with van der Waals surface area (Å²) < 4.78 is 31.5. The van der Waals surface area contributed by atoms with Crippen molar-refractivity contribution in [3.8, 4) is 0 Å². The van der Waals surface area contributed by atoms with Crippen molar-refractivity contribution in [3.63, 3.8) is 0 Å². The normalized spacial score (nSPS) is 11.7. The third-order valence-electron chi connectivity index (χ3n) is 4.25. The zero-order chi connectivity index (χ0) is 19.9. The lowest BCUT2D eigenvalue weighted by Gasteiger charge is -2.26. The third kappa shape index (κ3) is 6.22. The number of benzene rings is 1. The molecule has 1 amide bonds. The largest absolute Gasteiger partial charge is 0.464 e. The van der Waals surface area contributed by atoms with Crippen LogP contribution in [-0.4, -0.2) is 42.4 Å². The van der Waals surface area contributed by atoms with E-state index in [-0.39, 0.29) is 18.2 Å². The Hall–Kier alpha value is -2.12. The summed E-state index contributed by atoms with van der Waals surface area (Å²) in [6, 6.07) is 13.3. The van der Waals surface area contributed by atoms with Crippen molar-refractivity contribution in [1.29, 1.82) is 0 Å². The molecule has 0 saturated heterocycles. The average Bonchev–Trinajstić information content (AvgIpc) is 3.06. The Morgan fingerprint density at radius 2 is 1.74 bits per heavy atom. The second-order valence-electron chi connectivity index (χ2n) is 6.48. The summed E-state index contributed by atoms with van der Waals surface area (Å²) in [5, 5.41) is 0. The Labute approximate surface area is 161 Å². The summed E-state index contributed by atoms with van der Waals surface area (Å²) in [6.45, 7) is 6.21. The highest BCUT2D eigenvalue weighted by molar-refractivity contribution is 7.89. The van der Waals surface area contributed by atoms with E-state index < -0.39 is 10.0 Å². The molecule has 0 spiro atoms. The SMILES string of the molecule is CCCN(CC(=O)N(Cc1ccccc1)Cc1ccc(C)o1)S(=O)(=O)CC. The molecular formula is C20H28N2O4S. The third-order valence-corrected chi connectivity index (χ3v) is 6.08. The molecule has 0 bridgehead atoms. The fraction of sp³-hybridized carbons (Fsp3) is 0.450. The molecule has 6 nitrogen and oxygen atoms in total. The summed E-state index contributed by atoms with van der Waals surface area (Å²) in [6.07, 6.45) is 0.655. The minimum atomic E-state index is -3.43. The highest BCUT2D eigenvalue weighted by Gasteiger charge is 2.25. The fourth-order valence-corrected chi connectivity index (χ4v) is 3.93. The number of aryl methyl sites for hydroxylation is 1. The van der Waals surface area contributed by atoms with Gasteiger partial charge in [-0.2, -0.15) is 4.31 Å². The Kier molecular flexibility index (Phi) is 7.62. The molecule has 0 atom stereocenters. The topological polar surface area (TPSA) is 70.8 Å². The first-order chi connectivity index (χ1) is 12.9. The van der Waals surface area contributed by atoms with Gasteiger partial charge in [0, 0.05) is 13.1 Å². The Balaban J connectivity index is 2.20. The molecule has 0 aliphatic carbocycles. The van der Waals surface area contributed by atoms with Gasteiger partial charge in [-0.05, 0) is 38.0 Å². The van der Waals surface area contributed by atoms with Crippen molar-refractivity contribution in [2.45, 2.75) is 40.3 Å². The van der Waals surface area contributed by atoms with Crippen LogP contribution in [0.3, 0.4) is 0 Å². The zero-order valence-electron chi connectivity index (χ0n) is 16.2. The average molecular weight is 393 g/mol. The van der Waals surface area contributed by atoms with Crippen LogP contribution in [0.4, 0.5) is 0 Å². The molecule has 148 valence electrons. The lowest BCUT2D eigenvalue weighted by Crippen LogP contribution is -2.43. The molecule has 0 aliphatic heterocycles. The van der Waals surface area contributed by atoms with Crippen LogP contribution in [0.2, 0.25) is 0 Å². The van der Waals surface area contributed by atoms with E-state index in [2.05, 4.69) is 0 Å². The summed E-state index contributed by atoms with van der Waals surface area (Å²) in [4.78, 5) is 14.6. The number of sulfonamides is 1. The monoisotopic (exact) mass is 392 g/mol. The standard InChI is InChI=1S/C20H28N2O4S/c1-4-13-22(27(24,25)5-2)16-20(23)21(14-18-9-7-6-8-10-18)15-19-12-11-17(3)26-19/h6-12H,4-5,13-16H2,1-3H3.